The summed E-state index contributed by atoms with van der Waals surface area (Å²) in [6.07, 6.45) is 4.61. The predicted molar refractivity (Wildman–Crippen MR) is 98.8 cm³/mol. The number of rotatable bonds is 4. The Hall–Kier alpha value is -1.18. The molecule has 0 bridgehead atoms. The van der Waals surface area contributed by atoms with Crippen molar-refractivity contribution in [3.05, 3.63) is 35.6 Å². The molecule has 0 atom stereocenters. The maximum atomic E-state index is 13.2. The molecular weight excluding hydrogens is 317 g/mol. The van der Waals surface area contributed by atoms with Gasteiger partial charge in [0.15, 0.2) is 8.32 Å². The van der Waals surface area contributed by atoms with E-state index in [0.29, 0.717) is 6.42 Å². The molecule has 0 spiro atoms. The molecule has 0 heterocycles. The van der Waals surface area contributed by atoms with Gasteiger partial charge in [0.05, 0.1) is 6.07 Å². The van der Waals surface area contributed by atoms with Crippen LogP contribution in [0.15, 0.2) is 24.3 Å². The van der Waals surface area contributed by atoms with E-state index < -0.39 is 8.32 Å². The molecule has 1 saturated carbocycles. The molecule has 1 fully saturated rings. The monoisotopic (exact) mass is 347 g/mol. The van der Waals surface area contributed by atoms with Crippen LogP contribution in [-0.2, 0) is 9.84 Å². The summed E-state index contributed by atoms with van der Waals surface area (Å²) < 4.78 is 19.8. The summed E-state index contributed by atoms with van der Waals surface area (Å²) in [6, 6.07) is 9.06. The van der Waals surface area contributed by atoms with Gasteiger partial charge in [0.1, 0.15) is 5.82 Å². The Balaban J connectivity index is 2.10. The van der Waals surface area contributed by atoms with Gasteiger partial charge in [-0.05, 0) is 61.5 Å². The van der Waals surface area contributed by atoms with E-state index in [4.69, 9.17) is 4.43 Å². The van der Waals surface area contributed by atoms with Crippen molar-refractivity contribution in [1.29, 1.82) is 5.26 Å². The standard InChI is InChI=1S/C20H30FNOSi/c1-19(2,3)24(4,5)23-18-10-12-20(13-11-18,14-15-22)16-6-8-17(21)9-7-16/h6-9,18H,10-14H2,1-5H3. The molecule has 0 aromatic heterocycles. The summed E-state index contributed by atoms with van der Waals surface area (Å²) in [5.74, 6) is -0.221. The Bertz CT molecular complexity index is 590. The van der Waals surface area contributed by atoms with Crippen LogP contribution in [0.5, 0.6) is 0 Å². The molecule has 2 nitrogen and oxygen atoms in total. The number of nitrogens with zero attached hydrogens (tertiary/aromatic N) is 1. The van der Waals surface area contributed by atoms with Crippen LogP contribution < -0.4 is 0 Å². The van der Waals surface area contributed by atoms with E-state index >= 15 is 0 Å². The molecule has 0 amide bonds. The van der Waals surface area contributed by atoms with Crippen molar-refractivity contribution in [2.24, 2.45) is 0 Å². The minimum atomic E-state index is -1.76. The summed E-state index contributed by atoms with van der Waals surface area (Å²) in [6.45, 7) is 11.4. The second-order valence-electron chi connectivity index (χ2n) is 8.70. The van der Waals surface area contributed by atoms with Crippen molar-refractivity contribution in [3.8, 4) is 6.07 Å². The maximum absolute atomic E-state index is 13.2. The Morgan fingerprint density at radius 3 is 2.21 bits per heavy atom. The summed E-state index contributed by atoms with van der Waals surface area (Å²) in [5.41, 5.74) is 0.951. The highest BCUT2D eigenvalue weighted by Crippen LogP contribution is 2.45. The van der Waals surface area contributed by atoms with Crippen LogP contribution in [0.3, 0.4) is 0 Å². The minimum absolute atomic E-state index is 0.143. The van der Waals surface area contributed by atoms with E-state index in [9.17, 15) is 9.65 Å². The lowest BCUT2D eigenvalue weighted by molar-refractivity contribution is 0.104. The van der Waals surface area contributed by atoms with Gasteiger partial charge in [0.2, 0.25) is 0 Å². The molecule has 0 saturated heterocycles. The van der Waals surface area contributed by atoms with E-state index in [2.05, 4.69) is 39.9 Å². The minimum Gasteiger partial charge on any atom is -0.414 e. The first-order valence-electron chi connectivity index (χ1n) is 8.90. The van der Waals surface area contributed by atoms with Crippen LogP contribution in [0.4, 0.5) is 4.39 Å². The molecular formula is C20H30FNOSi. The van der Waals surface area contributed by atoms with Gasteiger partial charge in [-0.3, -0.25) is 0 Å². The van der Waals surface area contributed by atoms with Crippen molar-refractivity contribution >= 4 is 8.32 Å². The largest absolute Gasteiger partial charge is 0.414 e. The zero-order chi connectivity index (χ0) is 18.0. The Morgan fingerprint density at radius 1 is 1.21 bits per heavy atom. The average Bonchev–Trinajstić information content (AvgIpc) is 2.49. The fourth-order valence-corrected chi connectivity index (χ4v) is 4.80. The van der Waals surface area contributed by atoms with Crippen LogP contribution >= 0.6 is 0 Å². The van der Waals surface area contributed by atoms with Crippen molar-refractivity contribution in [1.82, 2.24) is 0 Å². The summed E-state index contributed by atoms with van der Waals surface area (Å²) in [4.78, 5) is 0. The van der Waals surface area contributed by atoms with E-state index in [1.54, 1.807) is 0 Å². The number of hydrogen-bond acceptors (Lipinski definition) is 2. The van der Waals surface area contributed by atoms with Gasteiger partial charge in [-0.2, -0.15) is 5.26 Å². The van der Waals surface area contributed by atoms with E-state index in [1.807, 2.05) is 12.1 Å². The molecule has 1 aliphatic rings. The smallest absolute Gasteiger partial charge is 0.192 e. The topological polar surface area (TPSA) is 33.0 Å². The predicted octanol–water partition coefficient (Wildman–Crippen LogP) is 5.94. The fraction of sp³-hybridized carbons (Fsp3) is 0.650. The van der Waals surface area contributed by atoms with Gasteiger partial charge in [-0.1, -0.05) is 32.9 Å². The van der Waals surface area contributed by atoms with E-state index in [-0.39, 0.29) is 22.4 Å². The van der Waals surface area contributed by atoms with E-state index in [1.165, 1.54) is 12.1 Å². The SMILES string of the molecule is CC(C)(C)[Si](C)(C)OC1CCC(CC#N)(c2ccc(F)cc2)CC1. The molecule has 1 aromatic carbocycles. The van der Waals surface area contributed by atoms with Crippen LogP contribution in [0.2, 0.25) is 18.1 Å². The number of nitriles is 1. The molecule has 0 aliphatic heterocycles. The summed E-state index contributed by atoms with van der Waals surface area (Å²) >= 11 is 0. The molecule has 1 aliphatic carbocycles. The second kappa shape index (κ2) is 6.97. The van der Waals surface area contributed by atoms with Crippen LogP contribution in [0.25, 0.3) is 0 Å². The van der Waals surface area contributed by atoms with E-state index in [0.717, 1.165) is 31.2 Å². The third kappa shape index (κ3) is 4.07. The second-order valence-corrected chi connectivity index (χ2v) is 13.5. The maximum Gasteiger partial charge on any atom is 0.192 e. The highest BCUT2D eigenvalue weighted by Gasteiger charge is 2.42. The first-order valence-corrected chi connectivity index (χ1v) is 11.8. The Kier molecular flexibility index (Phi) is 5.56. The van der Waals surface area contributed by atoms with Gasteiger partial charge < -0.3 is 4.43 Å². The molecule has 2 rings (SSSR count). The zero-order valence-electron chi connectivity index (χ0n) is 15.7. The quantitative estimate of drug-likeness (QED) is 0.631. The van der Waals surface area contributed by atoms with Gasteiger partial charge in [0.25, 0.3) is 0 Å². The van der Waals surface area contributed by atoms with Crippen molar-refractivity contribution < 1.29 is 8.82 Å². The average molecular weight is 348 g/mol. The normalized spacial score (nSPS) is 25.3. The van der Waals surface area contributed by atoms with Crippen molar-refractivity contribution in [2.75, 3.05) is 0 Å². The molecule has 24 heavy (non-hydrogen) atoms. The molecule has 0 N–H and O–H groups in total. The van der Waals surface area contributed by atoms with Crippen LogP contribution in [0.1, 0.15) is 58.4 Å². The first-order chi connectivity index (χ1) is 11.1. The zero-order valence-corrected chi connectivity index (χ0v) is 16.7. The third-order valence-corrected chi connectivity index (χ3v) is 10.6. The number of hydrogen-bond donors (Lipinski definition) is 0. The fourth-order valence-electron chi connectivity index (χ4n) is 3.38. The number of benzene rings is 1. The lowest BCUT2D eigenvalue weighted by atomic mass is 9.67. The van der Waals surface area contributed by atoms with Crippen LogP contribution in [-0.4, -0.2) is 14.4 Å². The summed E-state index contributed by atoms with van der Waals surface area (Å²) in [5, 5.41) is 9.52. The number of halogens is 1. The lowest BCUT2D eigenvalue weighted by Gasteiger charge is -2.44. The van der Waals surface area contributed by atoms with Crippen molar-refractivity contribution in [3.63, 3.8) is 0 Å². The Morgan fingerprint density at radius 2 is 1.75 bits per heavy atom. The Labute approximate surface area is 147 Å². The van der Waals surface area contributed by atoms with Gasteiger partial charge in [-0.25, -0.2) is 4.39 Å². The summed E-state index contributed by atoms with van der Waals surface area (Å²) in [7, 11) is -1.76. The van der Waals surface area contributed by atoms with Gasteiger partial charge in [-0.15, -0.1) is 0 Å². The van der Waals surface area contributed by atoms with Crippen molar-refractivity contribution in [2.45, 2.75) is 82.5 Å². The first kappa shape index (κ1) is 19.1. The molecule has 132 valence electrons. The van der Waals surface area contributed by atoms with Gasteiger partial charge in [0, 0.05) is 17.9 Å². The highest BCUT2D eigenvalue weighted by atomic mass is 28.4. The van der Waals surface area contributed by atoms with Crippen LogP contribution in [0, 0.1) is 17.1 Å². The molecule has 0 radical (unpaired) electrons. The third-order valence-electron chi connectivity index (χ3n) is 6.03. The highest BCUT2D eigenvalue weighted by molar-refractivity contribution is 6.74. The van der Waals surface area contributed by atoms with Gasteiger partial charge >= 0.3 is 0 Å². The molecule has 4 heteroatoms. The molecule has 0 unspecified atom stereocenters. The lowest BCUT2D eigenvalue weighted by Crippen LogP contribution is -2.46. The molecule has 1 aromatic rings.